The van der Waals surface area contributed by atoms with Crippen molar-refractivity contribution in [2.75, 3.05) is 0 Å². The van der Waals surface area contributed by atoms with E-state index in [0.717, 1.165) is 21.2 Å². The number of aryl methyl sites for hydroxylation is 1. The van der Waals surface area contributed by atoms with Crippen LogP contribution in [0, 0.1) is 6.92 Å². The van der Waals surface area contributed by atoms with Gasteiger partial charge in [0.25, 0.3) is 0 Å². The second-order valence-electron chi connectivity index (χ2n) is 6.03. The van der Waals surface area contributed by atoms with Gasteiger partial charge in [-0.1, -0.05) is 17.8 Å². The van der Waals surface area contributed by atoms with E-state index in [-0.39, 0.29) is 11.0 Å². The molecule has 0 unspecified atom stereocenters. The highest BCUT2D eigenvalue weighted by molar-refractivity contribution is 7.98. The van der Waals surface area contributed by atoms with E-state index >= 15 is 0 Å². The molecule has 4 aromatic heterocycles. The van der Waals surface area contributed by atoms with Gasteiger partial charge in [-0.25, -0.2) is 4.98 Å². The number of hydrogen-bond acceptors (Lipinski definition) is 7. The van der Waals surface area contributed by atoms with Crippen molar-refractivity contribution in [3.8, 4) is 22.2 Å². The third kappa shape index (κ3) is 4.51. The lowest BCUT2D eigenvalue weighted by atomic mass is 10.2. The zero-order valence-corrected chi connectivity index (χ0v) is 16.7. The fourth-order valence-electron chi connectivity index (χ4n) is 2.63. The molecular formula is C18H14F3N5OS2. The Morgan fingerprint density at radius 2 is 1.97 bits per heavy atom. The summed E-state index contributed by atoms with van der Waals surface area (Å²) in [6.07, 6.45) is -1.41. The fraction of sp³-hybridized carbons (Fsp3) is 0.222. The first-order chi connectivity index (χ1) is 13.9. The summed E-state index contributed by atoms with van der Waals surface area (Å²) in [6, 6.07) is 6.99. The van der Waals surface area contributed by atoms with Gasteiger partial charge in [-0.2, -0.15) is 13.2 Å². The lowest BCUT2D eigenvalue weighted by Gasteiger charge is -2.12. The number of thiophene rings is 1. The van der Waals surface area contributed by atoms with E-state index in [4.69, 9.17) is 4.42 Å². The molecule has 0 saturated heterocycles. The Labute approximate surface area is 171 Å². The highest BCUT2D eigenvalue weighted by Crippen LogP contribution is 2.32. The summed E-state index contributed by atoms with van der Waals surface area (Å²) in [5.74, 6) is 1.58. The summed E-state index contributed by atoms with van der Waals surface area (Å²) in [6.45, 7) is 0.598. The van der Waals surface area contributed by atoms with Crippen LogP contribution in [0.2, 0.25) is 0 Å². The Morgan fingerprint density at radius 1 is 1.17 bits per heavy atom. The first-order valence-corrected chi connectivity index (χ1v) is 10.3. The minimum absolute atomic E-state index is 0.142. The van der Waals surface area contributed by atoms with Crippen molar-refractivity contribution < 1.29 is 17.6 Å². The monoisotopic (exact) mass is 437 g/mol. The van der Waals surface area contributed by atoms with Crippen LogP contribution >= 0.6 is 23.1 Å². The van der Waals surface area contributed by atoms with E-state index in [1.165, 1.54) is 23.7 Å². The predicted molar refractivity (Wildman–Crippen MR) is 103 cm³/mol. The number of oxazole rings is 1. The van der Waals surface area contributed by atoms with Gasteiger partial charge in [0.15, 0.2) is 11.0 Å². The van der Waals surface area contributed by atoms with Gasteiger partial charge in [-0.15, -0.1) is 21.5 Å². The highest BCUT2D eigenvalue weighted by Gasteiger charge is 2.31. The Morgan fingerprint density at radius 3 is 2.66 bits per heavy atom. The number of thioether (sulfide) groups is 1. The number of halogens is 3. The summed E-state index contributed by atoms with van der Waals surface area (Å²) in [5.41, 5.74) is 1.17. The maximum absolute atomic E-state index is 13.2. The number of hydrogen-bond donors (Lipinski definition) is 0. The molecule has 0 aromatic carbocycles. The third-order valence-corrected chi connectivity index (χ3v) is 5.79. The highest BCUT2D eigenvalue weighted by atomic mass is 32.2. The molecule has 0 radical (unpaired) electrons. The van der Waals surface area contributed by atoms with Crippen molar-refractivity contribution in [2.45, 2.75) is 30.6 Å². The molecule has 4 rings (SSSR count). The average Bonchev–Trinajstić information content (AvgIpc) is 3.40. The summed E-state index contributed by atoms with van der Waals surface area (Å²) in [5, 5.41) is 10.0. The molecule has 0 aliphatic carbocycles. The molecule has 0 N–H and O–H groups in total. The van der Waals surface area contributed by atoms with Gasteiger partial charge < -0.3 is 4.42 Å². The van der Waals surface area contributed by atoms with Gasteiger partial charge in [0, 0.05) is 23.7 Å². The zero-order chi connectivity index (χ0) is 20.4. The van der Waals surface area contributed by atoms with Gasteiger partial charge in [-0.05, 0) is 30.5 Å². The van der Waals surface area contributed by atoms with Crippen LogP contribution in [0.1, 0.15) is 11.5 Å². The SMILES string of the molecule is Cc1oc(-c2cccs2)nc1CSc1nnc(-c2ccncc2)n1CC(F)(F)F. The van der Waals surface area contributed by atoms with Crippen LogP contribution in [-0.4, -0.2) is 30.9 Å². The largest absolute Gasteiger partial charge is 0.440 e. The van der Waals surface area contributed by atoms with E-state index in [2.05, 4.69) is 20.2 Å². The van der Waals surface area contributed by atoms with Crippen LogP contribution in [0.25, 0.3) is 22.2 Å². The van der Waals surface area contributed by atoms with Crippen LogP contribution in [0.5, 0.6) is 0 Å². The van der Waals surface area contributed by atoms with Gasteiger partial charge in [0.05, 0.1) is 10.6 Å². The molecule has 150 valence electrons. The Hall–Kier alpha value is -2.66. The van der Waals surface area contributed by atoms with Crippen LogP contribution in [0.3, 0.4) is 0 Å². The molecule has 29 heavy (non-hydrogen) atoms. The standard InChI is InChI=1S/C18H14F3N5OS2/c1-11-13(23-16(27-11)14-3-2-8-28-14)9-29-17-25-24-15(12-4-6-22-7-5-12)26(17)10-18(19,20)21/h2-8H,9-10H2,1H3. The molecule has 0 saturated carbocycles. The average molecular weight is 437 g/mol. The van der Waals surface area contributed by atoms with Gasteiger partial charge >= 0.3 is 6.18 Å². The van der Waals surface area contributed by atoms with E-state index in [1.54, 1.807) is 19.1 Å². The molecule has 0 bridgehead atoms. The summed E-state index contributed by atoms with van der Waals surface area (Å²) < 4.78 is 46.2. The van der Waals surface area contributed by atoms with Crippen LogP contribution in [0.4, 0.5) is 13.2 Å². The zero-order valence-electron chi connectivity index (χ0n) is 15.1. The quantitative estimate of drug-likeness (QED) is 0.385. The lowest BCUT2D eigenvalue weighted by molar-refractivity contribution is -0.141. The minimum atomic E-state index is -4.41. The van der Waals surface area contributed by atoms with Gasteiger partial charge in [0.2, 0.25) is 5.89 Å². The second-order valence-corrected chi connectivity index (χ2v) is 7.92. The minimum Gasteiger partial charge on any atom is -0.440 e. The number of nitrogens with zero attached hydrogens (tertiary/aromatic N) is 5. The molecule has 0 fully saturated rings. The molecule has 0 aliphatic heterocycles. The van der Waals surface area contributed by atoms with Crippen molar-refractivity contribution in [3.63, 3.8) is 0 Å². The predicted octanol–water partition coefficient (Wildman–Crippen LogP) is 5.22. The van der Waals surface area contributed by atoms with Gasteiger partial charge in [-0.3, -0.25) is 9.55 Å². The molecule has 0 aliphatic rings. The molecule has 4 heterocycles. The maximum Gasteiger partial charge on any atom is 0.406 e. The summed E-state index contributed by atoms with van der Waals surface area (Å²) in [7, 11) is 0. The lowest BCUT2D eigenvalue weighted by Crippen LogP contribution is -2.19. The first-order valence-electron chi connectivity index (χ1n) is 8.44. The Bertz CT molecular complexity index is 1090. The van der Waals surface area contributed by atoms with Crippen LogP contribution in [0.15, 0.2) is 51.6 Å². The number of pyridine rings is 1. The Kier molecular flexibility index (Phi) is 5.41. The fourth-order valence-corrected chi connectivity index (χ4v) is 4.22. The summed E-state index contributed by atoms with van der Waals surface area (Å²) in [4.78, 5) is 9.25. The number of alkyl halides is 3. The van der Waals surface area contributed by atoms with Crippen molar-refractivity contribution >= 4 is 23.1 Å². The molecule has 0 amide bonds. The second kappa shape index (κ2) is 7.99. The first kappa shape index (κ1) is 19.6. The summed E-state index contributed by atoms with van der Waals surface area (Å²) >= 11 is 2.64. The van der Waals surface area contributed by atoms with Crippen molar-refractivity contribution in [1.29, 1.82) is 0 Å². The van der Waals surface area contributed by atoms with Crippen LogP contribution < -0.4 is 0 Å². The van der Waals surface area contributed by atoms with Crippen molar-refractivity contribution in [2.24, 2.45) is 0 Å². The van der Waals surface area contributed by atoms with Gasteiger partial charge in [0.1, 0.15) is 12.3 Å². The topological polar surface area (TPSA) is 69.6 Å². The maximum atomic E-state index is 13.2. The normalized spacial score (nSPS) is 11.9. The van der Waals surface area contributed by atoms with E-state index in [1.807, 2.05) is 17.5 Å². The van der Waals surface area contributed by atoms with E-state index in [9.17, 15) is 13.2 Å². The third-order valence-electron chi connectivity index (χ3n) is 3.96. The molecule has 6 nitrogen and oxygen atoms in total. The molecule has 11 heteroatoms. The molecule has 0 atom stereocenters. The number of rotatable bonds is 6. The smallest absolute Gasteiger partial charge is 0.406 e. The van der Waals surface area contributed by atoms with Crippen molar-refractivity contribution in [1.82, 2.24) is 24.7 Å². The van der Waals surface area contributed by atoms with E-state index < -0.39 is 12.7 Å². The molecule has 4 aromatic rings. The Balaban J connectivity index is 1.60. The van der Waals surface area contributed by atoms with Crippen molar-refractivity contribution in [3.05, 3.63) is 53.5 Å². The van der Waals surface area contributed by atoms with Crippen LogP contribution in [-0.2, 0) is 12.3 Å². The molecule has 0 spiro atoms. The number of aromatic nitrogens is 5. The molecular weight excluding hydrogens is 423 g/mol. The van der Waals surface area contributed by atoms with E-state index in [0.29, 0.717) is 28.7 Å².